The van der Waals surface area contributed by atoms with Crippen LogP contribution in [0.25, 0.3) is 12.2 Å². The Kier molecular flexibility index (Phi) is 2.27. The van der Waals surface area contributed by atoms with Gasteiger partial charge in [-0.2, -0.15) is 0 Å². The molecule has 0 unspecified atom stereocenters. The van der Waals surface area contributed by atoms with Gasteiger partial charge >= 0.3 is 0 Å². The van der Waals surface area contributed by atoms with Gasteiger partial charge in [-0.15, -0.1) is 0 Å². The SMILES string of the molecule is Cn1cccc1C=Cc1cccn1C. The Balaban J connectivity index is 2.23. The number of nitrogens with zero attached hydrogens (tertiary/aromatic N) is 2. The first-order valence-corrected chi connectivity index (χ1v) is 4.68. The lowest BCUT2D eigenvalue weighted by atomic mass is 10.3. The van der Waals surface area contributed by atoms with Gasteiger partial charge in [0.1, 0.15) is 0 Å². The summed E-state index contributed by atoms with van der Waals surface area (Å²) in [5.41, 5.74) is 2.43. The van der Waals surface area contributed by atoms with Crippen LogP contribution in [0, 0.1) is 0 Å². The Labute approximate surface area is 84.1 Å². The zero-order valence-electron chi connectivity index (χ0n) is 8.51. The van der Waals surface area contributed by atoms with Gasteiger partial charge in [-0.1, -0.05) is 0 Å². The number of aromatic nitrogens is 2. The minimum absolute atomic E-state index is 1.21. The molecule has 2 heteroatoms. The van der Waals surface area contributed by atoms with E-state index in [-0.39, 0.29) is 0 Å². The molecule has 0 aliphatic carbocycles. The first-order valence-electron chi connectivity index (χ1n) is 4.68. The van der Waals surface area contributed by atoms with Crippen LogP contribution in [-0.4, -0.2) is 9.13 Å². The first kappa shape index (κ1) is 8.88. The quantitative estimate of drug-likeness (QED) is 0.682. The molecule has 2 aromatic rings. The summed E-state index contributed by atoms with van der Waals surface area (Å²) in [5.74, 6) is 0. The number of aryl methyl sites for hydroxylation is 2. The molecule has 0 aliphatic rings. The Morgan fingerprint density at radius 3 is 1.57 bits per heavy atom. The molecule has 2 rings (SSSR count). The summed E-state index contributed by atoms with van der Waals surface area (Å²) in [4.78, 5) is 0. The van der Waals surface area contributed by atoms with E-state index < -0.39 is 0 Å². The van der Waals surface area contributed by atoms with Crippen molar-refractivity contribution in [3.63, 3.8) is 0 Å². The van der Waals surface area contributed by atoms with E-state index in [0.717, 1.165) is 0 Å². The number of rotatable bonds is 2. The Bertz CT molecular complexity index is 404. The van der Waals surface area contributed by atoms with E-state index in [4.69, 9.17) is 0 Å². The molecule has 0 bridgehead atoms. The summed E-state index contributed by atoms with van der Waals surface area (Å²) in [6.07, 6.45) is 8.33. The van der Waals surface area contributed by atoms with E-state index in [1.54, 1.807) is 0 Å². The van der Waals surface area contributed by atoms with E-state index in [1.807, 2.05) is 38.6 Å². The summed E-state index contributed by atoms with van der Waals surface area (Å²) in [6.45, 7) is 0. The molecular formula is C12H14N2. The van der Waals surface area contributed by atoms with Crippen molar-refractivity contribution in [3.05, 3.63) is 48.0 Å². The highest BCUT2D eigenvalue weighted by Gasteiger charge is 1.93. The fourth-order valence-corrected chi connectivity index (χ4v) is 1.47. The maximum Gasteiger partial charge on any atom is 0.0404 e. The van der Waals surface area contributed by atoms with Gasteiger partial charge in [0.05, 0.1) is 0 Å². The van der Waals surface area contributed by atoms with Crippen molar-refractivity contribution in [3.8, 4) is 0 Å². The zero-order chi connectivity index (χ0) is 9.97. The van der Waals surface area contributed by atoms with Crippen molar-refractivity contribution in [2.75, 3.05) is 0 Å². The maximum atomic E-state index is 2.12. The average molecular weight is 186 g/mol. The monoisotopic (exact) mass is 186 g/mol. The third-order valence-electron chi connectivity index (χ3n) is 2.39. The lowest BCUT2D eigenvalue weighted by Crippen LogP contribution is -1.89. The topological polar surface area (TPSA) is 9.86 Å². The lowest BCUT2D eigenvalue weighted by Gasteiger charge is -1.97. The van der Waals surface area contributed by atoms with Crippen LogP contribution >= 0.6 is 0 Å². The summed E-state index contributed by atoms with van der Waals surface area (Å²) < 4.78 is 4.19. The van der Waals surface area contributed by atoms with Gasteiger partial charge in [-0.3, -0.25) is 0 Å². The van der Waals surface area contributed by atoms with E-state index >= 15 is 0 Å². The van der Waals surface area contributed by atoms with Gasteiger partial charge in [0.2, 0.25) is 0 Å². The summed E-state index contributed by atoms with van der Waals surface area (Å²) in [6, 6.07) is 8.29. The molecule has 0 fully saturated rings. The van der Waals surface area contributed by atoms with Gasteiger partial charge in [0.25, 0.3) is 0 Å². The van der Waals surface area contributed by atoms with Gasteiger partial charge in [0.15, 0.2) is 0 Å². The van der Waals surface area contributed by atoms with Crippen LogP contribution in [0.5, 0.6) is 0 Å². The molecule has 0 aliphatic heterocycles. The fourth-order valence-electron chi connectivity index (χ4n) is 1.47. The summed E-state index contributed by atoms with van der Waals surface area (Å²) in [5, 5.41) is 0. The number of hydrogen-bond donors (Lipinski definition) is 0. The van der Waals surface area contributed by atoms with Gasteiger partial charge in [0, 0.05) is 37.9 Å². The largest absolute Gasteiger partial charge is 0.351 e. The van der Waals surface area contributed by atoms with Crippen molar-refractivity contribution < 1.29 is 0 Å². The standard InChI is InChI=1S/C12H14N2/c1-13-9-3-5-11(13)7-8-12-6-4-10-14(12)2/h3-10H,1-2H3. The molecule has 0 spiro atoms. The van der Waals surface area contributed by atoms with Crippen molar-refractivity contribution in [1.82, 2.24) is 9.13 Å². The van der Waals surface area contributed by atoms with E-state index in [0.29, 0.717) is 0 Å². The highest BCUT2D eigenvalue weighted by molar-refractivity contribution is 5.66. The van der Waals surface area contributed by atoms with E-state index in [9.17, 15) is 0 Å². The van der Waals surface area contributed by atoms with Crippen LogP contribution in [-0.2, 0) is 14.1 Å². The van der Waals surface area contributed by atoms with E-state index in [2.05, 4.69) is 33.4 Å². The van der Waals surface area contributed by atoms with Gasteiger partial charge < -0.3 is 9.13 Å². The predicted octanol–water partition coefficient (Wildman–Crippen LogP) is 2.53. The molecule has 0 amide bonds. The molecule has 0 atom stereocenters. The second-order valence-corrected chi connectivity index (χ2v) is 3.42. The van der Waals surface area contributed by atoms with Crippen molar-refractivity contribution in [1.29, 1.82) is 0 Å². The molecule has 72 valence electrons. The zero-order valence-corrected chi connectivity index (χ0v) is 8.51. The van der Waals surface area contributed by atoms with Crippen LogP contribution < -0.4 is 0 Å². The van der Waals surface area contributed by atoms with Gasteiger partial charge in [-0.05, 0) is 36.4 Å². The van der Waals surface area contributed by atoms with E-state index in [1.165, 1.54) is 11.4 Å². The smallest absolute Gasteiger partial charge is 0.0404 e. The van der Waals surface area contributed by atoms with Crippen molar-refractivity contribution >= 4 is 12.2 Å². The second kappa shape index (κ2) is 3.58. The van der Waals surface area contributed by atoms with Crippen LogP contribution in [0.15, 0.2) is 36.7 Å². The summed E-state index contributed by atoms with van der Waals surface area (Å²) >= 11 is 0. The second-order valence-electron chi connectivity index (χ2n) is 3.42. The fraction of sp³-hybridized carbons (Fsp3) is 0.167. The molecule has 2 nitrogen and oxygen atoms in total. The maximum absolute atomic E-state index is 2.12. The lowest BCUT2D eigenvalue weighted by molar-refractivity contribution is 0.910. The van der Waals surface area contributed by atoms with Crippen LogP contribution in [0.4, 0.5) is 0 Å². The minimum atomic E-state index is 1.21. The molecule has 14 heavy (non-hydrogen) atoms. The highest BCUT2D eigenvalue weighted by Crippen LogP contribution is 2.07. The molecule has 0 N–H and O–H groups in total. The average Bonchev–Trinajstić information content (AvgIpc) is 2.72. The summed E-state index contributed by atoms with van der Waals surface area (Å²) in [7, 11) is 4.09. The molecule has 2 heterocycles. The van der Waals surface area contributed by atoms with Crippen molar-refractivity contribution in [2.24, 2.45) is 14.1 Å². The van der Waals surface area contributed by atoms with Gasteiger partial charge in [-0.25, -0.2) is 0 Å². The number of hydrogen-bond acceptors (Lipinski definition) is 0. The Morgan fingerprint density at radius 2 is 1.29 bits per heavy atom. The van der Waals surface area contributed by atoms with Crippen LogP contribution in [0.3, 0.4) is 0 Å². The molecule has 0 radical (unpaired) electrons. The minimum Gasteiger partial charge on any atom is -0.351 e. The van der Waals surface area contributed by atoms with Crippen LogP contribution in [0.1, 0.15) is 11.4 Å². The molecule has 0 aromatic carbocycles. The Hall–Kier alpha value is -1.70. The third kappa shape index (κ3) is 1.64. The van der Waals surface area contributed by atoms with Crippen LogP contribution in [0.2, 0.25) is 0 Å². The normalized spacial score (nSPS) is 11.3. The first-order chi connectivity index (χ1) is 6.77. The Morgan fingerprint density at radius 1 is 0.857 bits per heavy atom. The third-order valence-corrected chi connectivity index (χ3v) is 2.39. The molecule has 0 saturated carbocycles. The molecular weight excluding hydrogens is 172 g/mol. The molecule has 0 saturated heterocycles. The highest BCUT2D eigenvalue weighted by atomic mass is 14.9. The predicted molar refractivity (Wildman–Crippen MR) is 59.8 cm³/mol. The van der Waals surface area contributed by atoms with Crippen molar-refractivity contribution in [2.45, 2.75) is 0 Å². The molecule has 2 aromatic heterocycles.